The van der Waals surface area contributed by atoms with E-state index >= 15 is 0 Å². The molecule has 1 aliphatic heterocycles. The summed E-state index contributed by atoms with van der Waals surface area (Å²) in [6.07, 6.45) is 3.35. The molecule has 1 fully saturated rings. The minimum Gasteiger partial charge on any atom is -0.450 e. The first-order valence-electron chi connectivity index (χ1n) is 11.8. The number of rotatable bonds is 5. The van der Waals surface area contributed by atoms with Crippen molar-refractivity contribution >= 4 is 22.9 Å². The largest absolute Gasteiger partial charge is 0.450 e. The van der Waals surface area contributed by atoms with Gasteiger partial charge in [-0.2, -0.15) is 0 Å². The average Bonchev–Trinajstić information content (AvgIpc) is 3.33. The van der Waals surface area contributed by atoms with E-state index in [0.29, 0.717) is 43.5 Å². The van der Waals surface area contributed by atoms with Crippen LogP contribution < -0.4 is 5.73 Å². The molecule has 35 heavy (non-hydrogen) atoms. The maximum Gasteiger partial charge on any atom is 0.409 e. The lowest BCUT2D eigenvalue weighted by Gasteiger charge is -2.31. The number of aromatic nitrogens is 6. The van der Waals surface area contributed by atoms with Crippen LogP contribution in [-0.4, -0.2) is 60.6 Å². The van der Waals surface area contributed by atoms with E-state index in [1.807, 2.05) is 50.4 Å². The lowest BCUT2D eigenvalue weighted by Crippen LogP contribution is -2.38. The number of nitrogen functional groups attached to an aromatic ring is 1. The van der Waals surface area contributed by atoms with Gasteiger partial charge >= 0.3 is 6.09 Å². The predicted octanol–water partition coefficient (Wildman–Crippen LogP) is 3.56. The third-order valence-corrected chi connectivity index (χ3v) is 6.32. The summed E-state index contributed by atoms with van der Waals surface area (Å²) in [6.45, 7) is 6.06. The van der Waals surface area contributed by atoms with Gasteiger partial charge in [-0.05, 0) is 44.4 Å². The Kier molecular flexibility index (Phi) is 6.26. The van der Waals surface area contributed by atoms with Crippen LogP contribution in [0, 0.1) is 6.92 Å². The Labute approximate surface area is 203 Å². The molecule has 4 aromatic rings. The topological polar surface area (TPSA) is 125 Å². The predicted molar refractivity (Wildman–Crippen MR) is 132 cm³/mol. The molecule has 0 radical (unpaired) electrons. The lowest BCUT2D eigenvalue weighted by molar-refractivity contribution is 0.0968. The van der Waals surface area contributed by atoms with Crippen LogP contribution in [0.3, 0.4) is 0 Å². The summed E-state index contributed by atoms with van der Waals surface area (Å²) in [4.78, 5) is 27.4. The van der Waals surface area contributed by atoms with E-state index in [1.54, 1.807) is 9.58 Å². The summed E-state index contributed by atoms with van der Waals surface area (Å²) in [5, 5.41) is 9.54. The van der Waals surface area contributed by atoms with E-state index in [9.17, 15) is 4.79 Å². The standard InChI is InChI=1S/C25H28N8O2/c1-3-35-25(34)32-12-10-17(11-13-32)20-9-5-7-18(27-20)14-33-15-21(30-31-33)23-19-8-4-6-16(2)22(19)28-24(26)29-23/h4-9,15,17H,3,10-14H2,1-2H3,(H2,26,28,29). The molecule has 0 aliphatic carbocycles. The number of amides is 1. The van der Waals surface area contributed by atoms with Crippen LogP contribution in [0.5, 0.6) is 0 Å². The molecule has 180 valence electrons. The number of likely N-dealkylation sites (tertiary alicyclic amines) is 1. The Morgan fingerprint density at radius 1 is 1.11 bits per heavy atom. The normalized spacial score (nSPS) is 14.4. The van der Waals surface area contributed by atoms with Gasteiger partial charge in [-0.3, -0.25) is 4.98 Å². The summed E-state index contributed by atoms with van der Waals surface area (Å²) < 4.78 is 6.87. The highest BCUT2D eigenvalue weighted by Gasteiger charge is 2.25. The molecule has 5 rings (SSSR count). The third-order valence-electron chi connectivity index (χ3n) is 6.32. The molecule has 1 aromatic carbocycles. The van der Waals surface area contributed by atoms with Gasteiger partial charge in [0.15, 0.2) is 0 Å². The van der Waals surface area contributed by atoms with Crippen LogP contribution in [0.1, 0.15) is 42.6 Å². The second-order valence-corrected chi connectivity index (χ2v) is 8.72. The van der Waals surface area contributed by atoms with Crippen molar-refractivity contribution in [3.63, 3.8) is 0 Å². The van der Waals surface area contributed by atoms with Gasteiger partial charge in [-0.1, -0.05) is 29.5 Å². The molecule has 0 unspecified atom stereocenters. The van der Waals surface area contributed by atoms with Crippen LogP contribution in [0.25, 0.3) is 22.3 Å². The quantitative estimate of drug-likeness (QED) is 0.467. The molecule has 10 heteroatoms. The fraction of sp³-hybridized carbons (Fsp3) is 0.360. The van der Waals surface area contributed by atoms with Crippen molar-refractivity contribution in [2.45, 2.75) is 39.2 Å². The van der Waals surface area contributed by atoms with Crippen LogP contribution in [0.4, 0.5) is 10.7 Å². The van der Waals surface area contributed by atoms with Gasteiger partial charge in [0, 0.05) is 30.1 Å². The fourth-order valence-corrected chi connectivity index (χ4v) is 4.54. The molecule has 2 N–H and O–H groups in total. The number of carbonyl (C=O) groups is 1. The number of benzene rings is 1. The maximum atomic E-state index is 12.0. The number of pyridine rings is 1. The van der Waals surface area contributed by atoms with Crippen LogP contribution in [0.2, 0.25) is 0 Å². The van der Waals surface area contributed by atoms with Gasteiger partial charge in [-0.15, -0.1) is 5.10 Å². The van der Waals surface area contributed by atoms with Crippen molar-refractivity contribution in [1.82, 2.24) is 34.8 Å². The number of fused-ring (bicyclic) bond motifs is 1. The number of carbonyl (C=O) groups excluding carboxylic acids is 1. The first-order chi connectivity index (χ1) is 17.0. The Morgan fingerprint density at radius 2 is 1.91 bits per heavy atom. The van der Waals surface area contributed by atoms with Gasteiger partial charge in [0.1, 0.15) is 11.4 Å². The summed E-state index contributed by atoms with van der Waals surface area (Å²) in [7, 11) is 0. The van der Waals surface area contributed by atoms with Gasteiger partial charge < -0.3 is 15.4 Å². The van der Waals surface area contributed by atoms with E-state index in [4.69, 9.17) is 15.5 Å². The highest BCUT2D eigenvalue weighted by molar-refractivity contribution is 5.93. The monoisotopic (exact) mass is 472 g/mol. The highest BCUT2D eigenvalue weighted by atomic mass is 16.6. The van der Waals surface area contributed by atoms with Gasteiger partial charge in [0.05, 0.1) is 30.6 Å². The van der Waals surface area contributed by atoms with E-state index in [1.165, 1.54) is 0 Å². The van der Waals surface area contributed by atoms with Gasteiger partial charge in [0.2, 0.25) is 5.95 Å². The number of para-hydroxylation sites is 1. The summed E-state index contributed by atoms with van der Waals surface area (Å²) in [6, 6.07) is 12.0. The molecule has 0 saturated carbocycles. The number of nitrogens with zero attached hydrogens (tertiary/aromatic N) is 7. The number of hydrogen-bond acceptors (Lipinski definition) is 8. The van der Waals surface area contributed by atoms with E-state index in [-0.39, 0.29) is 12.0 Å². The Bertz CT molecular complexity index is 1360. The number of piperidine rings is 1. The number of anilines is 1. The average molecular weight is 473 g/mol. The highest BCUT2D eigenvalue weighted by Crippen LogP contribution is 2.28. The van der Waals surface area contributed by atoms with Crippen molar-refractivity contribution < 1.29 is 9.53 Å². The van der Waals surface area contributed by atoms with E-state index in [2.05, 4.69) is 26.3 Å². The molecule has 0 bridgehead atoms. The smallest absolute Gasteiger partial charge is 0.409 e. The number of nitrogens with two attached hydrogens (primary N) is 1. The first-order valence-corrected chi connectivity index (χ1v) is 11.8. The van der Waals surface area contributed by atoms with Crippen molar-refractivity contribution in [3.8, 4) is 11.4 Å². The van der Waals surface area contributed by atoms with Gasteiger partial charge in [-0.25, -0.2) is 19.4 Å². The molecule has 0 atom stereocenters. The summed E-state index contributed by atoms with van der Waals surface area (Å²) in [5.74, 6) is 0.519. The van der Waals surface area contributed by atoms with E-state index < -0.39 is 0 Å². The molecule has 10 nitrogen and oxygen atoms in total. The maximum absolute atomic E-state index is 12.0. The molecule has 4 heterocycles. The minimum atomic E-state index is -0.233. The molecular weight excluding hydrogens is 444 g/mol. The number of aryl methyl sites for hydroxylation is 1. The zero-order valence-corrected chi connectivity index (χ0v) is 19.9. The van der Waals surface area contributed by atoms with Crippen molar-refractivity contribution in [3.05, 3.63) is 59.5 Å². The van der Waals surface area contributed by atoms with E-state index in [0.717, 1.165) is 40.7 Å². The second kappa shape index (κ2) is 9.65. The summed E-state index contributed by atoms with van der Waals surface area (Å²) in [5.41, 5.74) is 11.0. The van der Waals surface area contributed by atoms with Crippen LogP contribution in [0.15, 0.2) is 42.6 Å². The molecule has 1 saturated heterocycles. The van der Waals surface area contributed by atoms with Crippen LogP contribution in [-0.2, 0) is 11.3 Å². The lowest BCUT2D eigenvalue weighted by atomic mass is 9.93. The Hall–Kier alpha value is -4.08. The number of ether oxygens (including phenoxy) is 1. The fourth-order valence-electron chi connectivity index (χ4n) is 4.54. The summed E-state index contributed by atoms with van der Waals surface area (Å²) >= 11 is 0. The number of hydrogen-bond donors (Lipinski definition) is 1. The van der Waals surface area contributed by atoms with Crippen molar-refractivity contribution in [1.29, 1.82) is 0 Å². The SMILES string of the molecule is CCOC(=O)N1CCC(c2cccc(Cn3cc(-c4nc(N)nc5c(C)cccc45)nn3)n2)CC1. The molecule has 1 aliphatic rings. The van der Waals surface area contributed by atoms with Gasteiger partial charge in [0.25, 0.3) is 0 Å². The first kappa shape index (κ1) is 22.7. The Balaban J connectivity index is 1.32. The zero-order valence-electron chi connectivity index (χ0n) is 19.9. The van der Waals surface area contributed by atoms with Crippen molar-refractivity contribution in [2.75, 3.05) is 25.4 Å². The molecule has 3 aromatic heterocycles. The molecule has 1 amide bonds. The second-order valence-electron chi connectivity index (χ2n) is 8.72. The zero-order chi connectivity index (χ0) is 24.4. The minimum absolute atomic E-state index is 0.208. The Morgan fingerprint density at radius 3 is 2.71 bits per heavy atom. The molecule has 0 spiro atoms. The third kappa shape index (κ3) is 4.77. The van der Waals surface area contributed by atoms with Crippen LogP contribution >= 0.6 is 0 Å². The molecular formula is C25H28N8O2. The van der Waals surface area contributed by atoms with Crippen molar-refractivity contribution in [2.24, 2.45) is 0 Å².